The highest BCUT2D eigenvalue weighted by Crippen LogP contribution is 2.34. The van der Waals surface area contributed by atoms with E-state index >= 15 is 0 Å². The molecule has 0 saturated carbocycles. The van der Waals surface area contributed by atoms with Crippen LogP contribution in [0.25, 0.3) is 0 Å². The van der Waals surface area contributed by atoms with Gasteiger partial charge < -0.3 is 4.42 Å². The molecule has 0 fully saturated rings. The number of ketones is 1. The van der Waals surface area contributed by atoms with Gasteiger partial charge in [-0.1, -0.05) is 23.7 Å². The number of nitrogens with zero attached hydrogens (tertiary/aromatic N) is 2. The number of aryl methyl sites for hydroxylation is 1. The predicted molar refractivity (Wildman–Crippen MR) is 115 cm³/mol. The summed E-state index contributed by atoms with van der Waals surface area (Å²) < 4.78 is 5.39. The topological polar surface area (TPSA) is 120 Å². The van der Waals surface area contributed by atoms with Crippen LogP contribution < -0.4 is 10.2 Å². The Morgan fingerprint density at radius 3 is 2.44 bits per heavy atom. The summed E-state index contributed by atoms with van der Waals surface area (Å²) in [6.07, 6.45) is 0. The Bertz CT molecular complexity index is 1380. The second-order valence-corrected chi connectivity index (χ2v) is 7.42. The largest absolute Gasteiger partial charge is 0.443 e. The van der Waals surface area contributed by atoms with Crippen molar-refractivity contribution in [2.75, 3.05) is 10.2 Å². The zero-order valence-corrected chi connectivity index (χ0v) is 17.6. The molecule has 0 bridgehead atoms. The van der Waals surface area contributed by atoms with Gasteiger partial charge in [-0.05, 0) is 44.2 Å². The van der Waals surface area contributed by atoms with Crippen LogP contribution in [0.4, 0.5) is 11.6 Å². The summed E-state index contributed by atoms with van der Waals surface area (Å²) in [6, 6.07) is 12.3. The van der Waals surface area contributed by atoms with Gasteiger partial charge in [0.05, 0.1) is 27.4 Å². The van der Waals surface area contributed by atoms with Crippen molar-refractivity contribution in [1.29, 1.82) is 5.26 Å². The number of anilines is 2. The number of imide groups is 1. The van der Waals surface area contributed by atoms with E-state index in [0.717, 1.165) is 4.90 Å². The molecule has 158 valence electrons. The summed E-state index contributed by atoms with van der Waals surface area (Å²) >= 11 is 6.14. The fourth-order valence-electron chi connectivity index (χ4n) is 3.57. The van der Waals surface area contributed by atoms with Gasteiger partial charge in [-0.15, -0.1) is 0 Å². The molecule has 1 N–H and O–H groups in total. The van der Waals surface area contributed by atoms with Crippen molar-refractivity contribution < 1.29 is 23.6 Å². The number of para-hydroxylation sites is 1. The lowest BCUT2D eigenvalue weighted by atomic mass is 10.0. The van der Waals surface area contributed by atoms with Gasteiger partial charge in [0.1, 0.15) is 17.4 Å². The molecule has 8 nitrogen and oxygen atoms in total. The highest BCUT2D eigenvalue weighted by molar-refractivity contribution is 6.40. The molecule has 1 aliphatic rings. The fourth-order valence-corrected chi connectivity index (χ4v) is 3.79. The molecule has 4 rings (SSSR count). The highest BCUT2D eigenvalue weighted by Gasteiger charge is 2.38. The van der Waals surface area contributed by atoms with Crippen LogP contribution in [0.5, 0.6) is 0 Å². The molecule has 9 heteroatoms. The SMILES string of the molecule is CC(=O)c1c(C)oc(NC(=O)c2ccc3c(c2)C(=O)N(c2ccccc2Cl)C3=O)c1C#N. The molecule has 0 unspecified atom stereocenters. The van der Waals surface area contributed by atoms with Crippen LogP contribution in [0.1, 0.15) is 59.7 Å². The third kappa shape index (κ3) is 3.25. The lowest BCUT2D eigenvalue weighted by Gasteiger charge is -2.15. The van der Waals surface area contributed by atoms with Crippen molar-refractivity contribution in [1.82, 2.24) is 0 Å². The number of hydrogen-bond acceptors (Lipinski definition) is 6. The van der Waals surface area contributed by atoms with Gasteiger partial charge in [-0.3, -0.25) is 24.5 Å². The molecule has 3 aromatic rings. The van der Waals surface area contributed by atoms with E-state index in [4.69, 9.17) is 16.0 Å². The van der Waals surface area contributed by atoms with E-state index in [9.17, 15) is 24.4 Å². The van der Waals surface area contributed by atoms with Crippen molar-refractivity contribution in [2.24, 2.45) is 0 Å². The monoisotopic (exact) mass is 447 g/mol. The number of fused-ring (bicyclic) bond motifs is 1. The van der Waals surface area contributed by atoms with E-state index in [1.165, 1.54) is 32.0 Å². The van der Waals surface area contributed by atoms with E-state index in [-0.39, 0.29) is 56.0 Å². The van der Waals surface area contributed by atoms with Gasteiger partial charge in [0, 0.05) is 5.56 Å². The Labute approximate surface area is 187 Å². The molecule has 3 amide bonds. The summed E-state index contributed by atoms with van der Waals surface area (Å²) in [5.74, 6) is -2.17. The average Bonchev–Trinajstić information content (AvgIpc) is 3.21. The van der Waals surface area contributed by atoms with Crippen LogP contribution >= 0.6 is 11.6 Å². The number of nitrogens with one attached hydrogen (secondary N) is 1. The summed E-state index contributed by atoms with van der Waals surface area (Å²) in [5, 5.41) is 12.1. The number of halogens is 1. The van der Waals surface area contributed by atoms with E-state index in [1.54, 1.807) is 24.3 Å². The molecule has 2 aromatic carbocycles. The Balaban J connectivity index is 1.67. The first-order valence-electron chi connectivity index (χ1n) is 9.37. The quantitative estimate of drug-likeness (QED) is 0.468. The Morgan fingerprint density at radius 1 is 1.09 bits per heavy atom. The van der Waals surface area contributed by atoms with E-state index < -0.39 is 17.7 Å². The third-order valence-electron chi connectivity index (χ3n) is 5.02. The standard InChI is InChI=1S/C23H14ClN3O5/c1-11(28)19-12(2)32-21(16(19)10-25)26-20(29)13-7-8-14-15(9-13)23(31)27(22(14)30)18-6-4-3-5-17(18)24/h3-9H,1-2H3,(H,26,29). The number of carbonyl (C=O) groups excluding carboxylic acids is 4. The first-order chi connectivity index (χ1) is 15.2. The minimum atomic E-state index is -0.676. The summed E-state index contributed by atoms with van der Waals surface area (Å²) in [5.41, 5.74) is 0.495. The van der Waals surface area contributed by atoms with Gasteiger partial charge in [0.15, 0.2) is 5.78 Å². The Kier molecular flexibility index (Phi) is 5.12. The summed E-state index contributed by atoms with van der Waals surface area (Å²) in [4.78, 5) is 51.2. The summed E-state index contributed by atoms with van der Waals surface area (Å²) in [6.45, 7) is 2.80. The molecule has 0 spiro atoms. The second kappa shape index (κ2) is 7.80. The minimum absolute atomic E-state index is 0.0446. The third-order valence-corrected chi connectivity index (χ3v) is 5.34. The molecule has 0 atom stereocenters. The van der Waals surface area contributed by atoms with Crippen molar-refractivity contribution in [3.63, 3.8) is 0 Å². The zero-order valence-electron chi connectivity index (χ0n) is 16.9. The van der Waals surface area contributed by atoms with Crippen LogP contribution in [0.2, 0.25) is 5.02 Å². The zero-order chi connectivity index (χ0) is 23.2. The van der Waals surface area contributed by atoms with Gasteiger partial charge in [0.25, 0.3) is 17.7 Å². The Hall–Kier alpha value is -4.22. The predicted octanol–water partition coefficient (Wildman–Crippen LogP) is 4.37. The smallest absolute Gasteiger partial charge is 0.266 e. The second-order valence-electron chi connectivity index (χ2n) is 7.02. The minimum Gasteiger partial charge on any atom is -0.443 e. The van der Waals surface area contributed by atoms with Crippen LogP contribution in [0, 0.1) is 18.3 Å². The molecular weight excluding hydrogens is 434 g/mol. The Morgan fingerprint density at radius 2 is 1.78 bits per heavy atom. The molecular formula is C23H14ClN3O5. The number of rotatable bonds is 4. The van der Waals surface area contributed by atoms with Gasteiger partial charge in [-0.25, -0.2) is 4.90 Å². The maximum Gasteiger partial charge on any atom is 0.266 e. The lowest BCUT2D eigenvalue weighted by molar-refractivity contribution is 0.0924. The molecule has 0 radical (unpaired) electrons. The van der Waals surface area contributed by atoms with Gasteiger partial charge >= 0.3 is 0 Å². The maximum atomic E-state index is 12.9. The molecule has 32 heavy (non-hydrogen) atoms. The maximum absolute atomic E-state index is 12.9. The number of carbonyl (C=O) groups is 4. The van der Waals surface area contributed by atoms with Crippen molar-refractivity contribution >= 4 is 46.7 Å². The number of hydrogen-bond donors (Lipinski definition) is 1. The van der Waals surface area contributed by atoms with Crippen LogP contribution in [-0.2, 0) is 0 Å². The van der Waals surface area contributed by atoms with Crippen LogP contribution in [-0.4, -0.2) is 23.5 Å². The molecule has 1 aromatic heterocycles. The average molecular weight is 448 g/mol. The number of Topliss-reactive ketones (excluding diaryl/α,β-unsaturated/α-hetero) is 1. The van der Waals surface area contributed by atoms with Crippen molar-refractivity contribution in [2.45, 2.75) is 13.8 Å². The number of benzene rings is 2. The molecule has 1 aliphatic heterocycles. The first kappa shape index (κ1) is 21.0. The van der Waals surface area contributed by atoms with Crippen molar-refractivity contribution in [3.05, 3.63) is 81.1 Å². The lowest BCUT2D eigenvalue weighted by Crippen LogP contribution is -2.29. The summed E-state index contributed by atoms with van der Waals surface area (Å²) in [7, 11) is 0. The number of nitriles is 1. The van der Waals surface area contributed by atoms with Crippen LogP contribution in [0.3, 0.4) is 0 Å². The fraction of sp³-hybridized carbons (Fsp3) is 0.0870. The normalized spacial score (nSPS) is 12.5. The van der Waals surface area contributed by atoms with Crippen molar-refractivity contribution in [3.8, 4) is 6.07 Å². The van der Waals surface area contributed by atoms with E-state index in [0.29, 0.717) is 0 Å². The highest BCUT2D eigenvalue weighted by atomic mass is 35.5. The number of amides is 3. The molecule has 0 saturated heterocycles. The first-order valence-corrected chi connectivity index (χ1v) is 9.75. The number of furan rings is 1. The van der Waals surface area contributed by atoms with Crippen LogP contribution in [0.15, 0.2) is 46.9 Å². The van der Waals surface area contributed by atoms with Gasteiger partial charge in [-0.2, -0.15) is 5.26 Å². The van der Waals surface area contributed by atoms with E-state index in [2.05, 4.69) is 5.32 Å². The van der Waals surface area contributed by atoms with E-state index in [1.807, 2.05) is 6.07 Å². The molecule has 2 heterocycles. The van der Waals surface area contributed by atoms with Gasteiger partial charge in [0.2, 0.25) is 5.88 Å². The molecule has 0 aliphatic carbocycles.